The lowest BCUT2D eigenvalue weighted by molar-refractivity contribution is 0.337. The molecule has 5 aromatic rings. The predicted molar refractivity (Wildman–Crippen MR) is 151 cm³/mol. The van der Waals surface area contributed by atoms with Crippen LogP contribution in [0.15, 0.2) is 69.1 Å². The van der Waals surface area contributed by atoms with Crippen LogP contribution in [0.1, 0.15) is 61.7 Å². The summed E-state index contributed by atoms with van der Waals surface area (Å²) in [6.45, 7) is 4.48. The predicted octanol–water partition coefficient (Wildman–Crippen LogP) is 4.25. The van der Waals surface area contributed by atoms with Gasteiger partial charge in [0.25, 0.3) is 5.56 Å². The van der Waals surface area contributed by atoms with E-state index in [-0.39, 0.29) is 11.5 Å². The highest BCUT2D eigenvalue weighted by molar-refractivity contribution is 5.78. The van der Waals surface area contributed by atoms with Crippen molar-refractivity contribution in [2.24, 2.45) is 0 Å². The summed E-state index contributed by atoms with van der Waals surface area (Å²) in [6.07, 6.45) is 8.85. The minimum absolute atomic E-state index is 0.154. The maximum atomic E-state index is 14.1. The molecule has 0 radical (unpaired) electrons. The molecule has 0 aliphatic heterocycles. The van der Waals surface area contributed by atoms with Crippen LogP contribution in [0.4, 0.5) is 0 Å². The zero-order chi connectivity index (χ0) is 28.3. The molecular formula is C30H29N7O4. The smallest absolute Gasteiger partial charge is 0.439 e. The largest absolute Gasteiger partial charge is 0.491 e. The van der Waals surface area contributed by atoms with Crippen molar-refractivity contribution in [3.8, 4) is 34.3 Å². The van der Waals surface area contributed by atoms with Gasteiger partial charge in [0, 0.05) is 35.2 Å². The lowest BCUT2D eigenvalue weighted by Crippen LogP contribution is -2.30. The van der Waals surface area contributed by atoms with E-state index in [1.54, 1.807) is 23.2 Å². The molecule has 11 heteroatoms. The fourth-order valence-corrected chi connectivity index (χ4v) is 4.87. The molecule has 0 unspecified atom stereocenters. The second-order valence-corrected chi connectivity index (χ2v) is 9.93. The average molecular weight is 552 g/mol. The normalized spacial score (nSPS) is 12.9. The van der Waals surface area contributed by atoms with Crippen LogP contribution in [-0.2, 0) is 12.8 Å². The van der Waals surface area contributed by atoms with Gasteiger partial charge >= 0.3 is 5.76 Å². The van der Waals surface area contributed by atoms with E-state index in [0.717, 1.165) is 41.9 Å². The first kappa shape index (κ1) is 26.3. The van der Waals surface area contributed by atoms with Gasteiger partial charge in [-0.1, -0.05) is 48.8 Å². The molecule has 1 fully saturated rings. The molecule has 1 aromatic carbocycles. The summed E-state index contributed by atoms with van der Waals surface area (Å²) in [5.74, 6) is 1.51. The molecule has 0 spiro atoms. The lowest BCUT2D eigenvalue weighted by Gasteiger charge is -2.16. The van der Waals surface area contributed by atoms with Crippen LogP contribution in [0.25, 0.3) is 28.6 Å². The van der Waals surface area contributed by atoms with Crippen LogP contribution in [0.2, 0.25) is 0 Å². The zero-order valence-corrected chi connectivity index (χ0v) is 22.8. The summed E-state index contributed by atoms with van der Waals surface area (Å²) in [7, 11) is 0. The molecule has 4 heterocycles. The maximum absolute atomic E-state index is 14.1. The monoisotopic (exact) mass is 551 g/mol. The van der Waals surface area contributed by atoms with Gasteiger partial charge in [-0.25, -0.2) is 24.3 Å². The molecule has 1 aliphatic rings. The average Bonchev–Trinajstić information content (AvgIpc) is 3.75. The number of aryl methyl sites for hydroxylation is 1. The van der Waals surface area contributed by atoms with Gasteiger partial charge in [-0.3, -0.25) is 19.3 Å². The Morgan fingerprint density at radius 3 is 2.41 bits per heavy atom. The van der Waals surface area contributed by atoms with Crippen LogP contribution >= 0.6 is 0 Å². The second-order valence-electron chi connectivity index (χ2n) is 9.93. The number of hydrogen-bond donors (Lipinski definition) is 1. The number of rotatable bonds is 10. The van der Waals surface area contributed by atoms with Crippen LogP contribution in [0.3, 0.4) is 0 Å². The Labute approximate surface area is 235 Å². The Kier molecular flexibility index (Phi) is 7.24. The SMILES string of the molecule is CCCc1nc(C2CC2)n(-c2ncc(OCC)cn2)c(=O)c1Cc1ccc(-c2ccccc2-c2noc(=O)[nH]2)nc1. The third-order valence-electron chi connectivity index (χ3n) is 6.95. The van der Waals surface area contributed by atoms with Crippen LogP contribution in [-0.4, -0.2) is 41.3 Å². The number of nitrogens with one attached hydrogen (secondary N) is 1. The number of pyridine rings is 1. The Bertz CT molecular complexity index is 1790. The van der Waals surface area contributed by atoms with E-state index >= 15 is 0 Å². The van der Waals surface area contributed by atoms with Gasteiger partial charge in [-0.15, -0.1) is 0 Å². The number of aromatic nitrogens is 7. The molecule has 208 valence electrons. The number of nitrogens with zero attached hydrogens (tertiary/aromatic N) is 6. The summed E-state index contributed by atoms with van der Waals surface area (Å²) < 4.78 is 11.7. The highest BCUT2D eigenvalue weighted by Crippen LogP contribution is 2.39. The third-order valence-corrected chi connectivity index (χ3v) is 6.95. The Balaban J connectivity index is 1.37. The Hall–Kier alpha value is -4.93. The van der Waals surface area contributed by atoms with Crippen LogP contribution < -0.4 is 16.1 Å². The molecule has 4 aromatic heterocycles. The standard InChI is InChI=1S/C30H29N7O4/c1-3-7-25-23(28(38)37(27(34-25)19-11-12-19)29-32-16-20(17-33-29)40-4-2)14-18-10-13-24(31-15-18)21-8-5-6-9-22(21)26-35-30(39)41-36-26/h5-6,8-10,13,15-17,19H,3-4,7,11-12,14H2,1-2H3,(H,35,36,39). The van der Waals surface area contributed by atoms with E-state index in [1.165, 1.54) is 0 Å². The van der Waals surface area contributed by atoms with Gasteiger partial charge in [-0.05, 0) is 37.8 Å². The first-order chi connectivity index (χ1) is 20.1. The van der Waals surface area contributed by atoms with Crippen molar-refractivity contribution in [1.82, 2.24) is 34.6 Å². The first-order valence-electron chi connectivity index (χ1n) is 13.8. The minimum Gasteiger partial charge on any atom is -0.491 e. The highest BCUT2D eigenvalue weighted by Gasteiger charge is 2.31. The van der Waals surface area contributed by atoms with E-state index < -0.39 is 5.76 Å². The van der Waals surface area contributed by atoms with Crippen molar-refractivity contribution >= 4 is 0 Å². The van der Waals surface area contributed by atoms with Gasteiger partial charge in [-0.2, -0.15) is 0 Å². The number of ether oxygens (including phenoxy) is 1. The molecule has 1 N–H and O–H groups in total. The number of hydrogen-bond acceptors (Lipinski definition) is 9. The van der Waals surface area contributed by atoms with E-state index in [1.807, 2.05) is 43.3 Å². The fourth-order valence-electron chi connectivity index (χ4n) is 4.87. The van der Waals surface area contributed by atoms with E-state index in [9.17, 15) is 9.59 Å². The molecule has 0 bridgehead atoms. The molecule has 41 heavy (non-hydrogen) atoms. The van der Waals surface area contributed by atoms with Crippen molar-refractivity contribution in [3.05, 3.63) is 98.5 Å². The summed E-state index contributed by atoms with van der Waals surface area (Å²) in [6, 6.07) is 11.3. The molecule has 1 saturated carbocycles. The quantitative estimate of drug-likeness (QED) is 0.270. The summed E-state index contributed by atoms with van der Waals surface area (Å²) in [5, 5.41) is 3.82. The van der Waals surface area contributed by atoms with Gasteiger partial charge in [0.15, 0.2) is 11.6 Å². The Morgan fingerprint density at radius 2 is 1.78 bits per heavy atom. The van der Waals surface area contributed by atoms with E-state index in [2.05, 4.69) is 36.5 Å². The van der Waals surface area contributed by atoms with Gasteiger partial charge in [0.05, 0.1) is 30.4 Å². The van der Waals surface area contributed by atoms with Gasteiger partial charge < -0.3 is 4.74 Å². The second kappa shape index (κ2) is 11.3. The highest BCUT2D eigenvalue weighted by atomic mass is 16.5. The van der Waals surface area contributed by atoms with Gasteiger partial charge in [0.1, 0.15) is 5.82 Å². The Morgan fingerprint density at radius 1 is 1.00 bits per heavy atom. The molecule has 11 nitrogen and oxygen atoms in total. The molecule has 0 atom stereocenters. The van der Waals surface area contributed by atoms with Crippen molar-refractivity contribution in [3.63, 3.8) is 0 Å². The summed E-state index contributed by atoms with van der Waals surface area (Å²) >= 11 is 0. The maximum Gasteiger partial charge on any atom is 0.439 e. The van der Waals surface area contributed by atoms with Crippen molar-refractivity contribution < 1.29 is 9.26 Å². The topological polar surface area (TPSA) is 142 Å². The fraction of sp³-hybridized carbons (Fsp3) is 0.300. The van der Waals surface area contributed by atoms with Crippen LogP contribution in [0, 0.1) is 0 Å². The van der Waals surface area contributed by atoms with Crippen molar-refractivity contribution in [2.45, 2.75) is 51.9 Å². The minimum atomic E-state index is -0.622. The van der Waals surface area contributed by atoms with Crippen LogP contribution in [0.5, 0.6) is 5.75 Å². The van der Waals surface area contributed by atoms with E-state index in [4.69, 9.17) is 9.72 Å². The molecule has 6 rings (SSSR count). The van der Waals surface area contributed by atoms with Crippen molar-refractivity contribution in [2.75, 3.05) is 6.61 Å². The van der Waals surface area contributed by atoms with Gasteiger partial charge in [0.2, 0.25) is 5.95 Å². The lowest BCUT2D eigenvalue weighted by atomic mass is 10.0. The number of aromatic amines is 1. The number of benzene rings is 1. The summed E-state index contributed by atoms with van der Waals surface area (Å²) in [4.78, 5) is 46.8. The number of H-pyrrole nitrogens is 1. The molecule has 0 amide bonds. The molecule has 1 aliphatic carbocycles. The molecular weight excluding hydrogens is 522 g/mol. The first-order valence-corrected chi connectivity index (χ1v) is 13.8. The molecule has 0 saturated heterocycles. The zero-order valence-electron chi connectivity index (χ0n) is 22.8. The summed E-state index contributed by atoms with van der Waals surface area (Å²) in [5.41, 5.74) is 4.33. The third kappa shape index (κ3) is 5.43. The van der Waals surface area contributed by atoms with E-state index in [0.29, 0.717) is 53.8 Å². The van der Waals surface area contributed by atoms with Crippen molar-refractivity contribution in [1.29, 1.82) is 0 Å².